The van der Waals surface area contributed by atoms with E-state index in [2.05, 4.69) is 10.2 Å². The molecule has 3 N–H and O–H groups in total. The van der Waals surface area contributed by atoms with E-state index in [4.69, 9.17) is 15.5 Å². The molecule has 100 valence electrons. The number of pyridine rings is 1. The van der Waals surface area contributed by atoms with Crippen LogP contribution in [0.2, 0.25) is 0 Å². The van der Waals surface area contributed by atoms with Gasteiger partial charge < -0.3 is 10.5 Å². The molecule has 0 bridgehead atoms. The summed E-state index contributed by atoms with van der Waals surface area (Å²) in [6.07, 6.45) is 5.63. The van der Waals surface area contributed by atoms with Gasteiger partial charge in [-0.3, -0.25) is 5.10 Å². The second kappa shape index (κ2) is 5.01. The number of hydrogen-bond donors (Lipinski definition) is 2. The lowest BCUT2D eigenvalue weighted by Gasteiger charge is -2.23. The molecule has 0 saturated carbocycles. The van der Waals surface area contributed by atoms with Gasteiger partial charge in [0.05, 0.1) is 23.3 Å². The zero-order chi connectivity index (χ0) is 13.2. The molecule has 1 aliphatic rings. The molecule has 19 heavy (non-hydrogen) atoms. The zero-order valence-corrected chi connectivity index (χ0v) is 11.0. The highest BCUT2D eigenvalue weighted by Gasteiger charge is 2.21. The molecule has 2 aromatic heterocycles. The lowest BCUT2D eigenvalue weighted by Crippen LogP contribution is -2.17. The van der Waals surface area contributed by atoms with Crippen molar-refractivity contribution in [2.45, 2.75) is 25.7 Å². The molecular formula is C14H18N4O. The average Bonchev–Trinajstić information content (AvgIpc) is 2.94. The number of hydrogen-bond acceptors (Lipinski definition) is 4. The SMILES string of the molecule is Cc1cc(N)c(C2CCOCC2)nc1-c1cn[nH]c1. The van der Waals surface area contributed by atoms with Crippen LogP contribution in [0.3, 0.4) is 0 Å². The van der Waals surface area contributed by atoms with Gasteiger partial charge in [0, 0.05) is 30.9 Å². The summed E-state index contributed by atoms with van der Waals surface area (Å²) in [7, 11) is 0. The van der Waals surface area contributed by atoms with Crippen LogP contribution in [-0.4, -0.2) is 28.4 Å². The van der Waals surface area contributed by atoms with E-state index >= 15 is 0 Å². The highest BCUT2D eigenvalue weighted by atomic mass is 16.5. The molecular weight excluding hydrogens is 240 g/mol. The van der Waals surface area contributed by atoms with Crippen LogP contribution in [0.15, 0.2) is 18.5 Å². The number of nitrogen functional groups attached to an aromatic ring is 1. The Labute approximate surface area is 112 Å². The molecule has 1 saturated heterocycles. The highest BCUT2D eigenvalue weighted by molar-refractivity contribution is 5.65. The lowest BCUT2D eigenvalue weighted by atomic mass is 9.93. The Hall–Kier alpha value is -1.88. The third-order valence-electron chi connectivity index (χ3n) is 3.65. The van der Waals surface area contributed by atoms with Crippen LogP contribution in [0.1, 0.15) is 30.0 Å². The van der Waals surface area contributed by atoms with Crippen molar-refractivity contribution in [2.75, 3.05) is 18.9 Å². The minimum absolute atomic E-state index is 0.403. The molecule has 2 aromatic rings. The van der Waals surface area contributed by atoms with Gasteiger partial charge in [0.15, 0.2) is 0 Å². The van der Waals surface area contributed by atoms with E-state index in [1.165, 1.54) is 0 Å². The fourth-order valence-corrected chi connectivity index (χ4v) is 2.62. The molecule has 3 rings (SSSR count). The number of H-pyrrole nitrogens is 1. The second-order valence-electron chi connectivity index (χ2n) is 5.00. The number of nitrogens with one attached hydrogen (secondary N) is 1. The number of rotatable bonds is 2. The molecule has 0 aromatic carbocycles. The summed E-state index contributed by atoms with van der Waals surface area (Å²) < 4.78 is 5.40. The van der Waals surface area contributed by atoms with Crippen LogP contribution in [0, 0.1) is 6.92 Å². The van der Waals surface area contributed by atoms with Crippen LogP contribution in [0.4, 0.5) is 5.69 Å². The van der Waals surface area contributed by atoms with Crippen molar-refractivity contribution in [1.29, 1.82) is 0 Å². The first-order valence-electron chi connectivity index (χ1n) is 6.59. The Morgan fingerprint density at radius 1 is 1.37 bits per heavy atom. The molecule has 0 aliphatic carbocycles. The summed E-state index contributed by atoms with van der Waals surface area (Å²) in [4.78, 5) is 4.80. The van der Waals surface area contributed by atoms with Gasteiger partial charge in [-0.25, -0.2) is 4.98 Å². The van der Waals surface area contributed by atoms with Gasteiger partial charge in [0.25, 0.3) is 0 Å². The maximum atomic E-state index is 6.15. The van der Waals surface area contributed by atoms with Crippen molar-refractivity contribution in [2.24, 2.45) is 0 Å². The van der Waals surface area contributed by atoms with Gasteiger partial charge >= 0.3 is 0 Å². The van der Waals surface area contributed by atoms with Gasteiger partial charge in [-0.05, 0) is 31.4 Å². The Morgan fingerprint density at radius 3 is 2.84 bits per heavy atom. The van der Waals surface area contributed by atoms with Crippen molar-refractivity contribution in [3.05, 3.63) is 29.7 Å². The molecule has 5 nitrogen and oxygen atoms in total. The number of anilines is 1. The van der Waals surface area contributed by atoms with E-state index in [0.29, 0.717) is 5.92 Å². The number of nitrogens with zero attached hydrogens (tertiary/aromatic N) is 2. The number of aromatic amines is 1. The standard InChI is InChI=1S/C14H18N4O/c1-9-6-12(15)14(10-2-4-19-5-3-10)18-13(9)11-7-16-17-8-11/h6-8,10H,2-5,15H2,1H3,(H,16,17). The van der Waals surface area contributed by atoms with E-state index in [0.717, 1.165) is 54.3 Å². The Bertz CT molecular complexity index is 559. The smallest absolute Gasteiger partial charge is 0.0767 e. The maximum Gasteiger partial charge on any atom is 0.0767 e. The van der Waals surface area contributed by atoms with Crippen molar-refractivity contribution >= 4 is 5.69 Å². The second-order valence-corrected chi connectivity index (χ2v) is 5.00. The first-order chi connectivity index (χ1) is 9.25. The first kappa shape index (κ1) is 12.2. The average molecular weight is 258 g/mol. The molecule has 0 amide bonds. The number of nitrogens with two attached hydrogens (primary N) is 1. The molecule has 1 fully saturated rings. The molecule has 3 heterocycles. The normalized spacial score (nSPS) is 16.7. The fourth-order valence-electron chi connectivity index (χ4n) is 2.62. The fraction of sp³-hybridized carbons (Fsp3) is 0.429. The molecule has 0 radical (unpaired) electrons. The largest absolute Gasteiger partial charge is 0.397 e. The third-order valence-corrected chi connectivity index (χ3v) is 3.65. The Balaban J connectivity index is 2.02. The van der Waals surface area contributed by atoms with Crippen molar-refractivity contribution in [3.8, 4) is 11.3 Å². The van der Waals surface area contributed by atoms with E-state index in [1.807, 2.05) is 19.2 Å². The summed E-state index contributed by atoms with van der Waals surface area (Å²) in [5.41, 5.74) is 11.0. The van der Waals surface area contributed by atoms with Crippen LogP contribution in [0.5, 0.6) is 0 Å². The number of aromatic nitrogens is 3. The van der Waals surface area contributed by atoms with Crippen molar-refractivity contribution in [3.63, 3.8) is 0 Å². The third kappa shape index (κ3) is 2.33. The van der Waals surface area contributed by atoms with Crippen molar-refractivity contribution in [1.82, 2.24) is 15.2 Å². The van der Waals surface area contributed by atoms with E-state index in [1.54, 1.807) is 6.20 Å². The first-order valence-corrected chi connectivity index (χ1v) is 6.59. The van der Waals surface area contributed by atoms with Crippen LogP contribution in [0.25, 0.3) is 11.3 Å². The van der Waals surface area contributed by atoms with E-state index < -0.39 is 0 Å². The van der Waals surface area contributed by atoms with Gasteiger partial charge in [0.2, 0.25) is 0 Å². The van der Waals surface area contributed by atoms with Crippen molar-refractivity contribution < 1.29 is 4.74 Å². The van der Waals surface area contributed by atoms with Crippen LogP contribution < -0.4 is 5.73 Å². The highest BCUT2D eigenvalue weighted by Crippen LogP contribution is 2.32. The number of aryl methyl sites for hydroxylation is 1. The van der Waals surface area contributed by atoms with Gasteiger partial charge in [-0.15, -0.1) is 0 Å². The summed E-state index contributed by atoms with van der Waals surface area (Å²) in [5.74, 6) is 0.403. The maximum absolute atomic E-state index is 6.15. The summed E-state index contributed by atoms with van der Waals surface area (Å²) >= 11 is 0. The quantitative estimate of drug-likeness (QED) is 0.866. The minimum Gasteiger partial charge on any atom is -0.397 e. The predicted octanol–water partition coefficient (Wildman–Crippen LogP) is 2.26. The van der Waals surface area contributed by atoms with Gasteiger partial charge in [-0.2, -0.15) is 5.10 Å². The molecule has 5 heteroatoms. The van der Waals surface area contributed by atoms with Crippen LogP contribution >= 0.6 is 0 Å². The van der Waals surface area contributed by atoms with Gasteiger partial charge in [0.1, 0.15) is 0 Å². The Morgan fingerprint density at radius 2 is 2.16 bits per heavy atom. The lowest BCUT2D eigenvalue weighted by molar-refractivity contribution is 0.0847. The Kier molecular flexibility index (Phi) is 3.21. The molecule has 0 atom stereocenters. The van der Waals surface area contributed by atoms with Crippen LogP contribution in [-0.2, 0) is 4.74 Å². The molecule has 0 spiro atoms. The minimum atomic E-state index is 0.403. The molecule has 1 aliphatic heterocycles. The predicted molar refractivity (Wildman–Crippen MR) is 73.8 cm³/mol. The molecule has 0 unspecified atom stereocenters. The van der Waals surface area contributed by atoms with E-state index in [-0.39, 0.29) is 0 Å². The van der Waals surface area contributed by atoms with E-state index in [9.17, 15) is 0 Å². The number of ether oxygens (including phenoxy) is 1. The summed E-state index contributed by atoms with van der Waals surface area (Å²) in [6.45, 7) is 3.61. The summed E-state index contributed by atoms with van der Waals surface area (Å²) in [5, 5.41) is 6.82. The summed E-state index contributed by atoms with van der Waals surface area (Å²) in [6, 6.07) is 2.01. The topological polar surface area (TPSA) is 76.8 Å². The zero-order valence-electron chi connectivity index (χ0n) is 11.0. The monoisotopic (exact) mass is 258 g/mol. The van der Waals surface area contributed by atoms with Gasteiger partial charge in [-0.1, -0.05) is 0 Å².